The molecular formula is C12H13BrF2O. The topological polar surface area (TPSA) is 20.2 Å². The van der Waals surface area contributed by atoms with E-state index in [0.717, 1.165) is 19.3 Å². The number of halogens is 3. The molecule has 0 unspecified atom stereocenters. The van der Waals surface area contributed by atoms with E-state index in [1.807, 2.05) is 0 Å². The molecular weight excluding hydrogens is 278 g/mol. The highest BCUT2D eigenvalue weighted by atomic mass is 79.9. The monoisotopic (exact) mass is 290 g/mol. The maximum Gasteiger partial charge on any atom is 0.146 e. The molecule has 0 aromatic heterocycles. The molecule has 1 aromatic carbocycles. The van der Waals surface area contributed by atoms with E-state index in [1.165, 1.54) is 12.1 Å². The van der Waals surface area contributed by atoms with E-state index in [1.54, 1.807) is 0 Å². The Labute approximate surface area is 102 Å². The van der Waals surface area contributed by atoms with Crippen LogP contribution in [0.3, 0.4) is 0 Å². The smallest absolute Gasteiger partial charge is 0.146 e. The number of rotatable bonds is 1. The average molecular weight is 291 g/mol. The zero-order chi connectivity index (χ0) is 11.8. The Morgan fingerprint density at radius 2 is 1.75 bits per heavy atom. The lowest BCUT2D eigenvalue weighted by Gasteiger charge is -2.33. The Bertz CT molecular complexity index is 400. The molecule has 16 heavy (non-hydrogen) atoms. The molecule has 1 nitrogen and oxygen atoms in total. The molecule has 2 rings (SSSR count). The van der Waals surface area contributed by atoms with Gasteiger partial charge in [0.1, 0.15) is 11.6 Å². The van der Waals surface area contributed by atoms with Crippen LogP contribution in [-0.2, 0) is 5.60 Å². The largest absolute Gasteiger partial charge is 0.385 e. The van der Waals surface area contributed by atoms with Gasteiger partial charge in [-0.05, 0) is 40.9 Å². The standard InChI is InChI=1S/C12H13BrF2O/c13-8-4-5-9(14)10(11(8)15)12(16)6-2-1-3-7-12/h4-5,16H,1-3,6-7H2. The fraction of sp³-hybridized carbons (Fsp3) is 0.500. The number of hydrogen-bond acceptors (Lipinski definition) is 1. The first kappa shape index (κ1) is 12.0. The van der Waals surface area contributed by atoms with Crippen LogP contribution in [0.4, 0.5) is 8.78 Å². The lowest BCUT2D eigenvalue weighted by Crippen LogP contribution is -2.31. The number of hydrogen-bond donors (Lipinski definition) is 1. The van der Waals surface area contributed by atoms with Crippen molar-refractivity contribution < 1.29 is 13.9 Å². The predicted octanol–water partition coefficient (Wildman–Crippen LogP) is 3.88. The third-order valence-corrected chi connectivity index (χ3v) is 3.80. The van der Waals surface area contributed by atoms with Gasteiger partial charge in [0.25, 0.3) is 0 Å². The van der Waals surface area contributed by atoms with Crippen molar-refractivity contribution in [3.8, 4) is 0 Å². The number of benzene rings is 1. The highest BCUT2D eigenvalue weighted by Crippen LogP contribution is 2.40. The second-order valence-electron chi connectivity index (χ2n) is 4.31. The van der Waals surface area contributed by atoms with Crippen LogP contribution in [0.15, 0.2) is 16.6 Å². The quantitative estimate of drug-likeness (QED) is 0.778. The van der Waals surface area contributed by atoms with Crippen LogP contribution < -0.4 is 0 Å². The summed E-state index contributed by atoms with van der Waals surface area (Å²) in [7, 11) is 0. The first-order chi connectivity index (χ1) is 7.54. The van der Waals surface area contributed by atoms with Crippen molar-refractivity contribution in [3.05, 3.63) is 33.8 Å². The minimum atomic E-state index is -1.34. The van der Waals surface area contributed by atoms with Crippen LogP contribution in [-0.4, -0.2) is 5.11 Å². The van der Waals surface area contributed by atoms with E-state index < -0.39 is 17.2 Å². The van der Waals surface area contributed by atoms with Crippen molar-refractivity contribution in [1.82, 2.24) is 0 Å². The maximum atomic E-state index is 13.8. The summed E-state index contributed by atoms with van der Waals surface area (Å²) in [6.45, 7) is 0. The molecule has 0 amide bonds. The molecule has 1 N–H and O–H groups in total. The van der Waals surface area contributed by atoms with Crippen LogP contribution >= 0.6 is 15.9 Å². The third kappa shape index (κ3) is 2.00. The van der Waals surface area contributed by atoms with Gasteiger partial charge in [-0.3, -0.25) is 0 Å². The molecule has 1 aliphatic carbocycles. The van der Waals surface area contributed by atoms with Crippen molar-refractivity contribution in [3.63, 3.8) is 0 Å². The summed E-state index contributed by atoms with van der Waals surface area (Å²) in [5.74, 6) is -1.34. The minimum Gasteiger partial charge on any atom is -0.385 e. The van der Waals surface area contributed by atoms with E-state index in [4.69, 9.17) is 0 Å². The second kappa shape index (κ2) is 4.41. The molecule has 0 aliphatic heterocycles. The summed E-state index contributed by atoms with van der Waals surface area (Å²) in [5.41, 5.74) is -1.52. The highest BCUT2D eigenvalue weighted by Gasteiger charge is 2.36. The predicted molar refractivity (Wildman–Crippen MR) is 61.0 cm³/mol. The fourth-order valence-electron chi connectivity index (χ4n) is 2.34. The van der Waals surface area contributed by atoms with Crippen LogP contribution in [0.1, 0.15) is 37.7 Å². The molecule has 0 bridgehead atoms. The van der Waals surface area contributed by atoms with Gasteiger partial charge in [-0.15, -0.1) is 0 Å². The van der Waals surface area contributed by atoms with E-state index in [9.17, 15) is 13.9 Å². The molecule has 88 valence electrons. The molecule has 0 spiro atoms. The molecule has 1 saturated carbocycles. The summed E-state index contributed by atoms with van der Waals surface area (Å²) in [6.07, 6.45) is 3.48. The Morgan fingerprint density at radius 1 is 1.12 bits per heavy atom. The minimum absolute atomic E-state index is 0.179. The van der Waals surface area contributed by atoms with E-state index >= 15 is 0 Å². The Kier molecular flexibility index (Phi) is 3.31. The summed E-state index contributed by atoms with van der Waals surface area (Å²) in [6, 6.07) is 2.51. The molecule has 1 fully saturated rings. The molecule has 1 aliphatic rings. The average Bonchev–Trinajstić information content (AvgIpc) is 2.25. The normalized spacial score (nSPS) is 19.8. The lowest BCUT2D eigenvalue weighted by atomic mass is 9.79. The Morgan fingerprint density at radius 3 is 2.38 bits per heavy atom. The second-order valence-corrected chi connectivity index (χ2v) is 5.16. The van der Waals surface area contributed by atoms with Crippen molar-refractivity contribution in [1.29, 1.82) is 0 Å². The van der Waals surface area contributed by atoms with E-state index in [-0.39, 0.29) is 10.0 Å². The van der Waals surface area contributed by atoms with Crippen molar-refractivity contribution in [2.45, 2.75) is 37.7 Å². The van der Waals surface area contributed by atoms with Crippen molar-refractivity contribution in [2.24, 2.45) is 0 Å². The first-order valence-electron chi connectivity index (χ1n) is 5.41. The van der Waals surface area contributed by atoms with Crippen LogP contribution in [0.2, 0.25) is 0 Å². The summed E-state index contributed by atoms with van der Waals surface area (Å²) in [5, 5.41) is 10.3. The fourth-order valence-corrected chi connectivity index (χ4v) is 2.67. The highest BCUT2D eigenvalue weighted by molar-refractivity contribution is 9.10. The van der Waals surface area contributed by atoms with Gasteiger partial charge in [-0.1, -0.05) is 19.3 Å². The Balaban J connectivity index is 2.49. The lowest BCUT2D eigenvalue weighted by molar-refractivity contribution is -0.00713. The summed E-state index contributed by atoms with van der Waals surface area (Å²) < 4.78 is 27.7. The zero-order valence-corrected chi connectivity index (χ0v) is 10.4. The van der Waals surface area contributed by atoms with Crippen LogP contribution in [0.25, 0.3) is 0 Å². The van der Waals surface area contributed by atoms with Gasteiger partial charge in [0.2, 0.25) is 0 Å². The Hall–Kier alpha value is -0.480. The summed E-state index contributed by atoms with van der Waals surface area (Å²) >= 11 is 3.02. The first-order valence-corrected chi connectivity index (χ1v) is 6.20. The van der Waals surface area contributed by atoms with E-state index in [2.05, 4.69) is 15.9 Å². The summed E-state index contributed by atoms with van der Waals surface area (Å²) in [4.78, 5) is 0. The van der Waals surface area contributed by atoms with Crippen molar-refractivity contribution >= 4 is 15.9 Å². The molecule has 0 radical (unpaired) electrons. The zero-order valence-electron chi connectivity index (χ0n) is 8.77. The van der Waals surface area contributed by atoms with E-state index in [0.29, 0.717) is 12.8 Å². The van der Waals surface area contributed by atoms with Gasteiger partial charge in [0, 0.05) is 0 Å². The molecule has 1 aromatic rings. The van der Waals surface area contributed by atoms with Crippen molar-refractivity contribution in [2.75, 3.05) is 0 Å². The van der Waals surface area contributed by atoms with Gasteiger partial charge in [-0.2, -0.15) is 0 Å². The molecule has 0 atom stereocenters. The van der Waals surface area contributed by atoms with Gasteiger partial charge < -0.3 is 5.11 Å². The molecule has 4 heteroatoms. The number of aliphatic hydroxyl groups is 1. The van der Waals surface area contributed by atoms with Gasteiger partial charge >= 0.3 is 0 Å². The maximum absolute atomic E-state index is 13.8. The third-order valence-electron chi connectivity index (χ3n) is 3.19. The van der Waals surface area contributed by atoms with Crippen LogP contribution in [0.5, 0.6) is 0 Å². The van der Waals surface area contributed by atoms with Gasteiger partial charge in [-0.25, -0.2) is 8.78 Å². The SMILES string of the molecule is OC1(c2c(F)ccc(Br)c2F)CCCCC1. The van der Waals surface area contributed by atoms with Gasteiger partial charge in [0.15, 0.2) is 0 Å². The van der Waals surface area contributed by atoms with Crippen LogP contribution in [0, 0.1) is 11.6 Å². The molecule has 0 saturated heterocycles. The van der Waals surface area contributed by atoms with Gasteiger partial charge in [0.05, 0.1) is 15.6 Å². The molecule has 0 heterocycles.